The second-order valence-corrected chi connectivity index (χ2v) is 6.79. The predicted molar refractivity (Wildman–Crippen MR) is 115 cm³/mol. The molecule has 0 spiro atoms. The Bertz CT molecular complexity index is 1170. The van der Waals surface area contributed by atoms with Gasteiger partial charge in [0.25, 0.3) is 17.5 Å². The summed E-state index contributed by atoms with van der Waals surface area (Å²) in [6.45, 7) is -0.0238. The summed E-state index contributed by atoms with van der Waals surface area (Å²) in [6, 6.07) is 19.8. The van der Waals surface area contributed by atoms with E-state index in [0.29, 0.717) is 17.2 Å². The minimum Gasteiger partial charge on any atom is -0.485 e. The Kier molecular flexibility index (Phi) is 5.84. The molecule has 0 radical (unpaired) electrons. The summed E-state index contributed by atoms with van der Waals surface area (Å²) >= 11 is 0. The molecule has 3 aromatic rings. The molecule has 1 aliphatic rings. The highest BCUT2D eigenvalue weighted by molar-refractivity contribution is 5.97. The van der Waals surface area contributed by atoms with Crippen LogP contribution in [0.4, 0.5) is 17.1 Å². The minimum atomic E-state index is -0.961. The number of rotatable bonds is 5. The molecule has 0 aliphatic carbocycles. The lowest BCUT2D eigenvalue weighted by Crippen LogP contribution is -2.50. The van der Waals surface area contributed by atoms with Crippen molar-refractivity contribution in [2.75, 3.05) is 11.9 Å². The van der Waals surface area contributed by atoms with Gasteiger partial charge in [-0.25, -0.2) is 0 Å². The topological polar surface area (TPSA) is 132 Å². The second kappa shape index (κ2) is 9.04. The van der Waals surface area contributed by atoms with E-state index >= 15 is 0 Å². The van der Waals surface area contributed by atoms with Gasteiger partial charge in [0.2, 0.25) is 6.10 Å². The second-order valence-electron chi connectivity index (χ2n) is 6.79. The summed E-state index contributed by atoms with van der Waals surface area (Å²) in [6.07, 6.45) is -0.961. The normalized spacial score (nSPS) is 14.2. The Labute approximate surface area is 182 Å². The monoisotopic (exact) mass is 434 g/mol. The molecule has 1 heterocycles. The summed E-state index contributed by atoms with van der Waals surface area (Å²) in [5, 5.41) is 14.4. The average molecular weight is 434 g/mol. The van der Waals surface area contributed by atoms with Gasteiger partial charge in [0.15, 0.2) is 11.5 Å². The SMILES string of the molecule is O=C(NNC(=O)C1COc2ccccc2O1)c1ccc(Nc2ccccc2)c([N+](=O)[O-])c1. The van der Waals surface area contributed by atoms with Gasteiger partial charge >= 0.3 is 0 Å². The molecule has 0 saturated heterocycles. The van der Waals surface area contributed by atoms with Crippen LogP contribution in [0.15, 0.2) is 72.8 Å². The first-order chi connectivity index (χ1) is 15.5. The van der Waals surface area contributed by atoms with Crippen molar-refractivity contribution in [3.63, 3.8) is 0 Å². The molecule has 1 atom stereocenters. The molecule has 0 aromatic heterocycles. The van der Waals surface area contributed by atoms with Crippen molar-refractivity contribution in [1.29, 1.82) is 0 Å². The zero-order valence-electron chi connectivity index (χ0n) is 16.6. The first-order valence-electron chi connectivity index (χ1n) is 9.60. The molecule has 3 N–H and O–H groups in total. The standard InChI is InChI=1S/C22H18N4O6/c27-21(24-25-22(28)20-13-31-18-8-4-5-9-19(18)32-20)14-10-11-16(17(12-14)26(29)30)23-15-6-2-1-3-7-15/h1-12,20,23H,13H2,(H,24,27)(H,25,28). The first-order valence-corrected chi connectivity index (χ1v) is 9.60. The van der Waals surface area contributed by atoms with Crippen LogP contribution in [0.5, 0.6) is 11.5 Å². The molecule has 1 aliphatic heterocycles. The number of nitrogens with zero attached hydrogens (tertiary/aromatic N) is 1. The number of nitrogens with one attached hydrogen (secondary N) is 3. The molecule has 0 saturated carbocycles. The van der Waals surface area contributed by atoms with Crippen LogP contribution in [-0.2, 0) is 4.79 Å². The van der Waals surface area contributed by atoms with E-state index in [0.717, 1.165) is 6.07 Å². The molecule has 10 heteroatoms. The number of fused-ring (bicyclic) bond motifs is 1. The highest BCUT2D eigenvalue weighted by Gasteiger charge is 2.28. The van der Waals surface area contributed by atoms with Crippen LogP contribution in [-0.4, -0.2) is 29.4 Å². The summed E-state index contributed by atoms with van der Waals surface area (Å²) in [7, 11) is 0. The molecule has 162 valence electrons. The number of nitro groups is 1. The molecule has 0 bridgehead atoms. The number of carbonyl (C=O) groups is 2. The number of nitro benzene ring substituents is 1. The van der Waals surface area contributed by atoms with Gasteiger partial charge in [0, 0.05) is 17.3 Å². The molecule has 0 fully saturated rings. The van der Waals surface area contributed by atoms with Crippen LogP contribution < -0.4 is 25.6 Å². The number of hydrogen-bond acceptors (Lipinski definition) is 7. The average Bonchev–Trinajstić information content (AvgIpc) is 2.82. The maximum absolute atomic E-state index is 12.4. The number of anilines is 2. The third-order valence-corrected chi connectivity index (χ3v) is 4.61. The van der Waals surface area contributed by atoms with Gasteiger partial charge < -0.3 is 14.8 Å². The van der Waals surface area contributed by atoms with Crippen molar-refractivity contribution in [1.82, 2.24) is 10.9 Å². The number of amides is 2. The number of hydrazine groups is 1. The number of hydrogen-bond donors (Lipinski definition) is 3. The molecular weight excluding hydrogens is 416 g/mol. The fourth-order valence-electron chi connectivity index (χ4n) is 3.03. The lowest BCUT2D eigenvalue weighted by molar-refractivity contribution is -0.383. The van der Waals surface area contributed by atoms with Crippen molar-refractivity contribution in [2.45, 2.75) is 6.10 Å². The lowest BCUT2D eigenvalue weighted by Gasteiger charge is -2.25. The van der Waals surface area contributed by atoms with Crippen LogP contribution >= 0.6 is 0 Å². The Morgan fingerprint density at radius 1 is 0.938 bits per heavy atom. The molecule has 10 nitrogen and oxygen atoms in total. The van der Waals surface area contributed by atoms with Crippen molar-refractivity contribution < 1.29 is 24.0 Å². The van der Waals surface area contributed by atoms with E-state index in [-0.39, 0.29) is 23.5 Å². The van der Waals surface area contributed by atoms with Crippen molar-refractivity contribution in [3.8, 4) is 11.5 Å². The summed E-state index contributed by atoms with van der Waals surface area (Å²) in [4.78, 5) is 35.7. The van der Waals surface area contributed by atoms with Gasteiger partial charge in [-0.2, -0.15) is 0 Å². The van der Waals surface area contributed by atoms with Gasteiger partial charge in [-0.3, -0.25) is 30.6 Å². The van der Waals surface area contributed by atoms with Gasteiger partial charge in [0.1, 0.15) is 12.3 Å². The van der Waals surface area contributed by atoms with Gasteiger partial charge in [-0.15, -0.1) is 0 Å². The fourth-order valence-corrected chi connectivity index (χ4v) is 3.03. The fraction of sp³-hybridized carbons (Fsp3) is 0.0909. The quantitative estimate of drug-likeness (QED) is 0.415. The Balaban J connectivity index is 1.40. The third-order valence-electron chi connectivity index (χ3n) is 4.61. The summed E-state index contributed by atoms with van der Waals surface area (Å²) < 4.78 is 11.0. The number of para-hydroxylation sites is 3. The highest BCUT2D eigenvalue weighted by atomic mass is 16.6. The molecule has 32 heavy (non-hydrogen) atoms. The van der Waals surface area contributed by atoms with Crippen molar-refractivity contribution in [2.24, 2.45) is 0 Å². The summed E-state index contributed by atoms with van der Waals surface area (Å²) in [5.41, 5.74) is 5.10. The maximum Gasteiger partial charge on any atom is 0.293 e. The smallest absolute Gasteiger partial charge is 0.293 e. The number of ether oxygens (including phenoxy) is 2. The zero-order valence-corrected chi connectivity index (χ0v) is 16.6. The Morgan fingerprint density at radius 3 is 2.41 bits per heavy atom. The third kappa shape index (κ3) is 4.59. The Morgan fingerprint density at radius 2 is 1.66 bits per heavy atom. The van der Waals surface area contributed by atoms with E-state index in [1.165, 1.54) is 12.1 Å². The largest absolute Gasteiger partial charge is 0.485 e. The highest BCUT2D eigenvalue weighted by Crippen LogP contribution is 2.31. The number of benzene rings is 3. The van der Waals surface area contributed by atoms with E-state index in [9.17, 15) is 19.7 Å². The Hall–Kier alpha value is -4.60. The van der Waals surface area contributed by atoms with Gasteiger partial charge in [-0.05, 0) is 36.4 Å². The van der Waals surface area contributed by atoms with Gasteiger partial charge in [0.05, 0.1) is 4.92 Å². The summed E-state index contributed by atoms with van der Waals surface area (Å²) in [5.74, 6) is -0.394. The number of carbonyl (C=O) groups excluding carboxylic acids is 2. The lowest BCUT2D eigenvalue weighted by atomic mass is 10.1. The van der Waals surface area contributed by atoms with E-state index in [1.54, 1.807) is 48.5 Å². The molecule has 3 aromatic carbocycles. The van der Waals surface area contributed by atoms with Crippen LogP contribution in [0, 0.1) is 10.1 Å². The molecule has 4 rings (SSSR count). The van der Waals surface area contributed by atoms with E-state index in [2.05, 4.69) is 16.2 Å². The van der Waals surface area contributed by atoms with E-state index < -0.39 is 22.8 Å². The molecule has 1 unspecified atom stereocenters. The maximum atomic E-state index is 12.4. The minimum absolute atomic E-state index is 0.00164. The zero-order chi connectivity index (χ0) is 22.5. The van der Waals surface area contributed by atoms with Crippen molar-refractivity contribution in [3.05, 3.63) is 88.5 Å². The van der Waals surface area contributed by atoms with Crippen LogP contribution in [0.25, 0.3) is 0 Å². The van der Waals surface area contributed by atoms with Gasteiger partial charge in [-0.1, -0.05) is 30.3 Å². The van der Waals surface area contributed by atoms with E-state index in [4.69, 9.17) is 9.47 Å². The first kappa shape index (κ1) is 20.7. The van der Waals surface area contributed by atoms with Crippen molar-refractivity contribution >= 4 is 28.9 Å². The van der Waals surface area contributed by atoms with Crippen LogP contribution in [0.3, 0.4) is 0 Å². The van der Waals surface area contributed by atoms with Crippen LogP contribution in [0.2, 0.25) is 0 Å². The molecule has 2 amide bonds. The predicted octanol–water partition coefficient (Wildman–Crippen LogP) is 2.94. The van der Waals surface area contributed by atoms with E-state index in [1.807, 2.05) is 6.07 Å². The van der Waals surface area contributed by atoms with Crippen LogP contribution in [0.1, 0.15) is 10.4 Å². The molecular formula is C22H18N4O6.